The average Bonchev–Trinajstić information content (AvgIpc) is 3.04. The highest BCUT2D eigenvalue weighted by atomic mass is 19.4. The van der Waals surface area contributed by atoms with Crippen LogP contribution in [0.1, 0.15) is 36.1 Å². The summed E-state index contributed by atoms with van der Waals surface area (Å²) in [6.45, 7) is 6.38. The van der Waals surface area contributed by atoms with E-state index in [1.165, 1.54) is 26.0 Å². The van der Waals surface area contributed by atoms with E-state index in [0.29, 0.717) is 22.4 Å². The lowest BCUT2D eigenvalue weighted by molar-refractivity contribution is -0.152. The number of rotatable bonds is 6. The van der Waals surface area contributed by atoms with Crippen LogP contribution in [0.15, 0.2) is 41.2 Å². The number of nitrogens with zero attached hydrogens (tertiary/aromatic N) is 4. The van der Waals surface area contributed by atoms with Crippen molar-refractivity contribution in [1.82, 2.24) is 19.8 Å². The minimum Gasteiger partial charge on any atom is -0.478 e. The summed E-state index contributed by atoms with van der Waals surface area (Å²) in [5.41, 5.74) is -1.10. The van der Waals surface area contributed by atoms with E-state index in [4.69, 9.17) is 4.74 Å². The van der Waals surface area contributed by atoms with Gasteiger partial charge in [0.05, 0.1) is 17.8 Å². The third kappa shape index (κ3) is 4.66. The van der Waals surface area contributed by atoms with Gasteiger partial charge in [0.15, 0.2) is 5.60 Å². The van der Waals surface area contributed by atoms with Crippen LogP contribution in [-0.2, 0) is 17.5 Å². The summed E-state index contributed by atoms with van der Waals surface area (Å²) in [6, 6.07) is 7.69. The van der Waals surface area contributed by atoms with Crippen molar-refractivity contribution in [3.63, 3.8) is 0 Å². The number of halogens is 3. The van der Waals surface area contributed by atoms with Crippen molar-refractivity contribution in [1.29, 1.82) is 0 Å². The monoisotopic (exact) mass is 450 g/mol. The minimum atomic E-state index is -4.55. The largest absolute Gasteiger partial charge is 0.478 e. The van der Waals surface area contributed by atoms with Crippen LogP contribution in [0.2, 0.25) is 0 Å². The normalized spacial score (nSPS) is 12.1. The van der Waals surface area contributed by atoms with Gasteiger partial charge >= 0.3 is 17.8 Å². The van der Waals surface area contributed by atoms with Gasteiger partial charge in [-0.3, -0.25) is 0 Å². The minimum absolute atomic E-state index is 0.0160. The first-order valence-electron chi connectivity index (χ1n) is 9.52. The number of aryl methyl sites for hydroxylation is 2. The zero-order valence-corrected chi connectivity index (χ0v) is 17.8. The molecular formula is C21H21F3N4O4. The number of benzene rings is 2. The van der Waals surface area contributed by atoms with Gasteiger partial charge in [-0.05, 0) is 73.0 Å². The van der Waals surface area contributed by atoms with Gasteiger partial charge in [-0.2, -0.15) is 22.5 Å². The highest BCUT2D eigenvalue weighted by molar-refractivity contribution is 5.77. The van der Waals surface area contributed by atoms with Crippen LogP contribution >= 0.6 is 0 Å². The van der Waals surface area contributed by atoms with Crippen molar-refractivity contribution in [2.45, 2.75) is 46.0 Å². The summed E-state index contributed by atoms with van der Waals surface area (Å²) < 4.78 is 46.4. The molecule has 0 radical (unpaired) electrons. The topological polar surface area (TPSA) is 99.2 Å². The molecule has 0 aliphatic carbocycles. The molecule has 1 heterocycles. The van der Waals surface area contributed by atoms with E-state index < -0.39 is 29.0 Å². The van der Waals surface area contributed by atoms with E-state index in [2.05, 4.69) is 10.4 Å². The van der Waals surface area contributed by atoms with Crippen LogP contribution < -0.4 is 10.4 Å². The smallest absolute Gasteiger partial charge is 0.416 e. The lowest BCUT2D eigenvalue weighted by Crippen LogP contribution is -2.38. The van der Waals surface area contributed by atoms with E-state index in [1.807, 2.05) is 0 Å². The highest BCUT2D eigenvalue weighted by Gasteiger charge is 2.31. The molecular weight excluding hydrogens is 429 g/mol. The first-order chi connectivity index (χ1) is 14.8. The second-order valence-corrected chi connectivity index (χ2v) is 7.86. The van der Waals surface area contributed by atoms with Gasteiger partial charge in [0.1, 0.15) is 5.75 Å². The Bertz CT molecular complexity index is 1210. The van der Waals surface area contributed by atoms with Gasteiger partial charge < -0.3 is 9.84 Å². The third-order valence-electron chi connectivity index (χ3n) is 4.78. The molecule has 0 saturated carbocycles. The van der Waals surface area contributed by atoms with Crippen molar-refractivity contribution in [2.75, 3.05) is 0 Å². The van der Waals surface area contributed by atoms with Gasteiger partial charge in [0.25, 0.3) is 0 Å². The first kappa shape index (κ1) is 23.0. The number of hydrogen-bond donors (Lipinski definition) is 1. The standard InChI is InChI=1S/C21H21F3N4O4/c1-12-8-14(9-13(2)17(12)32-20(3,4)18(29)30)11-27-19(31)28(26-25-27)16-7-5-6-15(10-16)21(22,23)24/h5-10H,11H2,1-4H3,(H,29,30). The first-order valence-corrected chi connectivity index (χ1v) is 9.52. The number of carboxylic acids is 1. The summed E-state index contributed by atoms with van der Waals surface area (Å²) in [7, 11) is 0. The fraction of sp³-hybridized carbons (Fsp3) is 0.333. The Hall–Kier alpha value is -3.63. The summed E-state index contributed by atoms with van der Waals surface area (Å²) in [6.07, 6.45) is -4.55. The van der Waals surface area contributed by atoms with Crippen molar-refractivity contribution >= 4 is 5.97 Å². The summed E-state index contributed by atoms with van der Waals surface area (Å²) in [5, 5.41) is 16.7. The van der Waals surface area contributed by atoms with Crippen molar-refractivity contribution in [3.8, 4) is 11.4 Å². The molecule has 2 aromatic carbocycles. The van der Waals surface area contributed by atoms with Crippen LogP contribution in [0.3, 0.4) is 0 Å². The second kappa shape index (κ2) is 8.13. The van der Waals surface area contributed by atoms with E-state index in [-0.39, 0.29) is 12.2 Å². The number of aliphatic carboxylic acids is 1. The lowest BCUT2D eigenvalue weighted by atomic mass is 10.0. The SMILES string of the molecule is Cc1cc(Cn2nnn(-c3cccc(C(F)(F)F)c3)c2=O)cc(C)c1OC(C)(C)C(=O)O. The highest BCUT2D eigenvalue weighted by Crippen LogP contribution is 2.30. The van der Waals surface area contributed by atoms with Crippen LogP contribution in [0.25, 0.3) is 5.69 Å². The van der Waals surface area contributed by atoms with Crippen molar-refractivity contribution < 1.29 is 27.8 Å². The number of carboxylic acid groups (broad SMARTS) is 1. The zero-order valence-electron chi connectivity index (χ0n) is 17.8. The molecule has 32 heavy (non-hydrogen) atoms. The van der Waals surface area contributed by atoms with Gasteiger partial charge in [-0.25, -0.2) is 9.59 Å². The Morgan fingerprint density at radius 2 is 1.72 bits per heavy atom. The molecule has 0 aliphatic rings. The van der Waals surface area contributed by atoms with Crippen molar-refractivity contribution in [2.24, 2.45) is 0 Å². The van der Waals surface area contributed by atoms with Crippen molar-refractivity contribution in [3.05, 3.63) is 69.1 Å². The fourth-order valence-corrected chi connectivity index (χ4v) is 3.11. The Balaban J connectivity index is 1.89. The van der Waals surface area contributed by atoms with E-state index >= 15 is 0 Å². The van der Waals surface area contributed by atoms with Crippen LogP contribution in [-0.4, -0.2) is 36.5 Å². The maximum absolute atomic E-state index is 13.0. The molecule has 8 nitrogen and oxygen atoms in total. The number of ether oxygens (including phenoxy) is 1. The molecule has 0 amide bonds. The molecule has 3 rings (SSSR count). The predicted molar refractivity (Wildman–Crippen MR) is 108 cm³/mol. The summed E-state index contributed by atoms with van der Waals surface area (Å²) >= 11 is 0. The maximum atomic E-state index is 13.0. The molecule has 0 bridgehead atoms. The van der Waals surface area contributed by atoms with Gasteiger partial charge in [0.2, 0.25) is 0 Å². The molecule has 0 spiro atoms. The molecule has 0 unspecified atom stereocenters. The number of aromatic nitrogens is 4. The molecule has 11 heteroatoms. The molecule has 0 atom stereocenters. The van der Waals surface area contributed by atoms with E-state index in [1.54, 1.807) is 26.0 Å². The average molecular weight is 450 g/mol. The fourth-order valence-electron chi connectivity index (χ4n) is 3.11. The van der Waals surface area contributed by atoms with E-state index in [0.717, 1.165) is 21.5 Å². The molecule has 0 saturated heterocycles. The molecule has 1 aromatic heterocycles. The second-order valence-electron chi connectivity index (χ2n) is 7.86. The molecule has 0 fully saturated rings. The van der Waals surface area contributed by atoms with Crippen LogP contribution in [0.5, 0.6) is 5.75 Å². The predicted octanol–water partition coefficient (Wildman–Crippen LogP) is 3.35. The molecule has 0 aliphatic heterocycles. The number of carbonyl (C=O) groups is 1. The van der Waals surface area contributed by atoms with Crippen LogP contribution in [0, 0.1) is 13.8 Å². The Morgan fingerprint density at radius 1 is 1.09 bits per heavy atom. The molecule has 170 valence electrons. The number of hydrogen-bond acceptors (Lipinski definition) is 5. The Morgan fingerprint density at radius 3 is 2.28 bits per heavy atom. The third-order valence-corrected chi connectivity index (χ3v) is 4.78. The summed E-state index contributed by atoms with van der Waals surface area (Å²) in [4.78, 5) is 24.0. The molecule has 3 aromatic rings. The quantitative estimate of drug-likeness (QED) is 0.618. The maximum Gasteiger partial charge on any atom is 0.416 e. The summed E-state index contributed by atoms with van der Waals surface area (Å²) in [5.74, 6) is -0.695. The van der Waals surface area contributed by atoms with Gasteiger partial charge in [-0.15, -0.1) is 0 Å². The lowest BCUT2D eigenvalue weighted by Gasteiger charge is -2.24. The Labute approximate surface area is 180 Å². The van der Waals surface area contributed by atoms with Gasteiger partial charge in [-0.1, -0.05) is 18.2 Å². The number of alkyl halides is 3. The van der Waals surface area contributed by atoms with Crippen LogP contribution in [0.4, 0.5) is 13.2 Å². The molecule has 1 N–H and O–H groups in total. The number of tetrazole rings is 1. The Kier molecular flexibility index (Phi) is 5.86. The zero-order chi connectivity index (χ0) is 23.8. The van der Waals surface area contributed by atoms with E-state index in [9.17, 15) is 27.9 Å². The van der Waals surface area contributed by atoms with Gasteiger partial charge in [0, 0.05) is 0 Å².